The van der Waals surface area contributed by atoms with Gasteiger partial charge in [0.1, 0.15) is 5.56 Å². The van der Waals surface area contributed by atoms with E-state index in [1.54, 1.807) is 0 Å². The molecule has 5 nitrogen and oxygen atoms in total. The number of benzene rings is 1. The average Bonchev–Trinajstić information content (AvgIpc) is 2.33. The van der Waals surface area contributed by atoms with Crippen LogP contribution in [0.25, 0.3) is 0 Å². The van der Waals surface area contributed by atoms with Gasteiger partial charge in [-0.15, -0.1) is 0 Å². The molecule has 1 N–H and O–H groups in total. The van der Waals surface area contributed by atoms with E-state index in [2.05, 4.69) is 42.0 Å². The molecule has 0 radical (unpaired) electrons. The Morgan fingerprint density at radius 1 is 1.48 bits per heavy atom. The van der Waals surface area contributed by atoms with Crippen LogP contribution in [0.5, 0.6) is 0 Å². The van der Waals surface area contributed by atoms with Crippen LogP contribution in [0.3, 0.4) is 0 Å². The Balaban J connectivity index is 2.79. The normalized spacial score (nSPS) is 12.8. The van der Waals surface area contributed by atoms with E-state index < -0.39 is 10.8 Å². The van der Waals surface area contributed by atoms with Gasteiger partial charge in [0.05, 0.1) is 9.95 Å². The van der Waals surface area contributed by atoms with Crippen LogP contribution in [0, 0.1) is 15.5 Å². The van der Waals surface area contributed by atoms with Gasteiger partial charge in [-0.05, 0) is 17.9 Å². The van der Waals surface area contributed by atoms with Crippen LogP contribution in [0.4, 0.5) is 5.69 Å². The topological polar surface area (TPSA) is 72.2 Å². The fraction of sp³-hybridized carbons (Fsp3) is 0.500. The van der Waals surface area contributed by atoms with Crippen LogP contribution in [0.15, 0.2) is 18.2 Å². The van der Waals surface area contributed by atoms with Crippen molar-refractivity contribution in [1.29, 1.82) is 0 Å². The highest BCUT2D eigenvalue weighted by atomic mass is 79.9. The van der Waals surface area contributed by atoms with Gasteiger partial charge >= 0.3 is 0 Å². The SMILES string of the molecule is CC(C)(C)CC(Br)CNC(=O)c1c(Cl)cccc1[N+](=O)[O-]. The zero-order valence-electron chi connectivity index (χ0n) is 12.2. The molecule has 0 spiro atoms. The molecule has 0 saturated carbocycles. The molecule has 116 valence electrons. The lowest BCUT2D eigenvalue weighted by Crippen LogP contribution is -2.32. The van der Waals surface area contributed by atoms with Crippen molar-refractivity contribution in [2.75, 3.05) is 6.54 Å². The molecule has 0 saturated heterocycles. The number of nitro groups is 1. The lowest BCUT2D eigenvalue weighted by atomic mass is 9.90. The summed E-state index contributed by atoms with van der Waals surface area (Å²) in [6, 6.07) is 4.18. The van der Waals surface area contributed by atoms with Gasteiger partial charge < -0.3 is 5.32 Å². The Morgan fingerprint density at radius 3 is 2.62 bits per heavy atom. The number of carbonyl (C=O) groups is 1. The molecule has 1 aromatic carbocycles. The van der Waals surface area contributed by atoms with Crippen molar-refractivity contribution >= 4 is 39.1 Å². The monoisotopic (exact) mass is 376 g/mol. The summed E-state index contributed by atoms with van der Waals surface area (Å²) in [5.74, 6) is -0.536. The summed E-state index contributed by atoms with van der Waals surface area (Å²) in [4.78, 5) is 22.6. The van der Waals surface area contributed by atoms with Crippen molar-refractivity contribution in [3.05, 3.63) is 38.9 Å². The number of halogens is 2. The highest BCUT2D eigenvalue weighted by molar-refractivity contribution is 9.09. The summed E-state index contributed by atoms with van der Waals surface area (Å²) in [5, 5.41) is 13.7. The van der Waals surface area contributed by atoms with Crippen LogP contribution in [-0.2, 0) is 0 Å². The molecule has 0 aliphatic rings. The van der Waals surface area contributed by atoms with Gasteiger partial charge in [-0.3, -0.25) is 14.9 Å². The molecule has 21 heavy (non-hydrogen) atoms. The number of amides is 1. The number of hydrogen-bond donors (Lipinski definition) is 1. The Morgan fingerprint density at radius 2 is 2.10 bits per heavy atom. The molecule has 7 heteroatoms. The van der Waals surface area contributed by atoms with Gasteiger partial charge in [-0.1, -0.05) is 54.4 Å². The van der Waals surface area contributed by atoms with Crippen LogP contribution in [0.2, 0.25) is 5.02 Å². The van der Waals surface area contributed by atoms with Crippen molar-refractivity contribution in [2.45, 2.75) is 32.0 Å². The zero-order chi connectivity index (χ0) is 16.2. The zero-order valence-corrected chi connectivity index (χ0v) is 14.5. The number of alkyl halides is 1. The van der Waals surface area contributed by atoms with Crippen LogP contribution >= 0.6 is 27.5 Å². The molecule has 0 aliphatic heterocycles. The van der Waals surface area contributed by atoms with Crippen LogP contribution in [0.1, 0.15) is 37.6 Å². The lowest BCUT2D eigenvalue weighted by Gasteiger charge is -2.22. The maximum Gasteiger partial charge on any atom is 0.283 e. The quantitative estimate of drug-likeness (QED) is 0.475. The first-order valence-corrected chi connectivity index (χ1v) is 7.76. The Hall–Kier alpha value is -1.14. The van der Waals surface area contributed by atoms with Crippen molar-refractivity contribution in [2.24, 2.45) is 5.41 Å². The lowest BCUT2D eigenvalue weighted by molar-refractivity contribution is -0.385. The second-order valence-corrected chi connectivity index (χ2v) is 7.67. The van der Waals surface area contributed by atoms with Gasteiger partial charge in [0, 0.05) is 17.4 Å². The number of nitrogens with zero attached hydrogens (tertiary/aromatic N) is 1. The van der Waals surface area contributed by atoms with E-state index in [4.69, 9.17) is 11.6 Å². The third-order valence-electron chi connectivity index (χ3n) is 2.73. The minimum Gasteiger partial charge on any atom is -0.351 e. The largest absolute Gasteiger partial charge is 0.351 e. The first-order valence-electron chi connectivity index (χ1n) is 6.47. The molecule has 1 amide bonds. The van der Waals surface area contributed by atoms with Crippen molar-refractivity contribution in [3.8, 4) is 0 Å². The van der Waals surface area contributed by atoms with E-state index in [-0.39, 0.29) is 26.5 Å². The molecule has 1 unspecified atom stereocenters. The predicted molar refractivity (Wildman–Crippen MR) is 87.2 cm³/mol. The van der Waals surface area contributed by atoms with Gasteiger partial charge in [0.15, 0.2) is 0 Å². The number of hydrogen-bond acceptors (Lipinski definition) is 3. The second-order valence-electron chi connectivity index (χ2n) is 5.96. The summed E-state index contributed by atoms with van der Waals surface area (Å²) >= 11 is 9.41. The number of nitro benzene ring substituents is 1. The fourth-order valence-electron chi connectivity index (χ4n) is 1.92. The van der Waals surface area contributed by atoms with Gasteiger partial charge in [-0.25, -0.2) is 0 Å². The first-order chi connectivity index (χ1) is 9.61. The molecule has 0 fully saturated rings. The minimum atomic E-state index is -0.610. The molecule has 0 bridgehead atoms. The Kier molecular flexibility index (Phi) is 6.16. The van der Waals surface area contributed by atoms with Gasteiger partial charge in [-0.2, -0.15) is 0 Å². The van der Waals surface area contributed by atoms with Gasteiger partial charge in [0.2, 0.25) is 0 Å². The Bertz CT molecular complexity index is 544. The molecule has 0 aromatic heterocycles. The third kappa shape index (κ3) is 5.63. The molecular weight excluding hydrogens is 360 g/mol. The summed E-state index contributed by atoms with van der Waals surface area (Å²) in [6.45, 7) is 6.67. The van der Waals surface area contributed by atoms with E-state index in [0.29, 0.717) is 6.54 Å². The van der Waals surface area contributed by atoms with Crippen molar-refractivity contribution < 1.29 is 9.72 Å². The average molecular weight is 378 g/mol. The standard InChI is InChI=1S/C14H18BrClN2O3/c1-14(2,3)7-9(15)8-17-13(19)12-10(16)5-4-6-11(12)18(20)21/h4-6,9H,7-8H2,1-3H3,(H,17,19). The van der Waals surface area contributed by atoms with Gasteiger partial charge in [0.25, 0.3) is 11.6 Å². The summed E-state index contributed by atoms with van der Waals surface area (Å²) < 4.78 is 0. The molecule has 0 heterocycles. The first kappa shape index (κ1) is 17.9. The third-order valence-corrected chi connectivity index (χ3v) is 3.70. The number of carbonyl (C=O) groups excluding carboxylic acids is 1. The predicted octanol–water partition coefficient (Wildman–Crippen LogP) is 4.18. The second kappa shape index (κ2) is 7.22. The van der Waals surface area contributed by atoms with E-state index in [9.17, 15) is 14.9 Å². The van der Waals surface area contributed by atoms with E-state index in [1.807, 2.05) is 0 Å². The summed E-state index contributed by atoms with van der Waals surface area (Å²) in [6.07, 6.45) is 0.859. The smallest absolute Gasteiger partial charge is 0.283 e. The van der Waals surface area contributed by atoms with Crippen molar-refractivity contribution in [1.82, 2.24) is 5.32 Å². The molecule has 0 aliphatic carbocycles. The van der Waals surface area contributed by atoms with E-state index in [1.165, 1.54) is 18.2 Å². The maximum absolute atomic E-state index is 12.1. The molecule has 1 atom stereocenters. The Labute approximate surface area is 137 Å². The highest BCUT2D eigenvalue weighted by Gasteiger charge is 2.24. The van der Waals surface area contributed by atoms with Crippen molar-refractivity contribution in [3.63, 3.8) is 0 Å². The number of nitrogens with one attached hydrogen (secondary N) is 1. The fourth-order valence-corrected chi connectivity index (χ4v) is 3.31. The maximum atomic E-state index is 12.1. The summed E-state index contributed by atoms with van der Waals surface area (Å²) in [5.41, 5.74) is -0.267. The minimum absolute atomic E-state index is 0.0728. The number of rotatable bonds is 5. The van der Waals surface area contributed by atoms with E-state index >= 15 is 0 Å². The highest BCUT2D eigenvalue weighted by Crippen LogP contribution is 2.27. The molecular formula is C14H18BrClN2O3. The summed E-state index contributed by atoms with van der Waals surface area (Å²) in [7, 11) is 0. The molecule has 1 aromatic rings. The van der Waals surface area contributed by atoms with Crippen LogP contribution < -0.4 is 5.32 Å². The molecule has 1 rings (SSSR count). The van der Waals surface area contributed by atoms with Crippen LogP contribution in [-0.4, -0.2) is 22.2 Å². The van der Waals surface area contributed by atoms with E-state index in [0.717, 1.165) is 6.42 Å².